The quantitative estimate of drug-likeness (QED) is 0.786. The number of aromatic nitrogens is 2. The van der Waals surface area contributed by atoms with E-state index in [1.807, 2.05) is 30.3 Å². The van der Waals surface area contributed by atoms with Crippen molar-refractivity contribution in [1.29, 1.82) is 0 Å². The first-order valence-electron chi connectivity index (χ1n) is 8.47. The van der Waals surface area contributed by atoms with Crippen molar-refractivity contribution in [2.45, 2.75) is 6.10 Å². The van der Waals surface area contributed by atoms with E-state index in [0.717, 1.165) is 11.1 Å². The second-order valence-corrected chi connectivity index (χ2v) is 6.19. The number of nitrogens with zero attached hydrogens (tertiary/aromatic N) is 2. The molecule has 1 saturated heterocycles. The van der Waals surface area contributed by atoms with Gasteiger partial charge in [0.2, 0.25) is 0 Å². The van der Waals surface area contributed by atoms with Crippen LogP contribution in [0.2, 0.25) is 0 Å². The summed E-state index contributed by atoms with van der Waals surface area (Å²) in [6, 6.07) is 15.9. The van der Waals surface area contributed by atoms with Gasteiger partial charge in [0.15, 0.2) is 0 Å². The minimum atomic E-state index is -0.319. The number of halogens is 1. The second-order valence-electron chi connectivity index (χ2n) is 6.19. The molecule has 0 saturated carbocycles. The van der Waals surface area contributed by atoms with E-state index in [0.29, 0.717) is 31.0 Å². The molecular weight excluding hydrogens is 333 g/mol. The second kappa shape index (κ2) is 7.09. The van der Waals surface area contributed by atoms with Gasteiger partial charge in [-0.05, 0) is 29.8 Å². The number of carbonyl (C=O) groups is 1. The number of nitrogens with one attached hydrogen (secondary N) is 1. The summed E-state index contributed by atoms with van der Waals surface area (Å²) in [5, 5.41) is 6.87. The van der Waals surface area contributed by atoms with Crippen LogP contribution in [0, 0.1) is 5.82 Å². The van der Waals surface area contributed by atoms with Gasteiger partial charge in [-0.2, -0.15) is 5.10 Å². The average molecular weight is 351 g/mol. The zero-order chi connectivity index (χ0) is 17.9. The van der Waals surface area contributed by atoms with Crippen molar-refractivity contribution in [3.05, 3.63) is 77.7 Å². The smallest absolute Gasteiger partial charge is 0.257 e. The molecule has 4 rings (SSSR count). The van der Waals surface area contributed by atoms with Gasteiger partial charge in [-0.3, -0.25) is 9.89 Å². The summed E-state index contributed by atoms with van der Waals surface area (Å²) in [4.78, 5) is 14.8. The maximum atomic E-state index is 13.2. The Labute approximate surface area is 150 Å². The number of benzene rings is 2. The average Bonchev–Trinajstić information content (AvgIpc) is 3.18. The fourth-order valence-electron chi connectivity index (χ4n) is 3.16. The van der Waals surface area contributed by atoms with Crippen molar-refractivity contribution in [2.24, 2.45) is 0 Å². The fraction of sp³-hybridized carbons (Fsp3) is 0.200. The summed E-state index contributed by atoms with van der Waals surface area (Å²) in [6.45, 7) is 1.49. The molecule has 6 heteroatoms. The molecule has 1 atom stereocenters. The monoisotopic (exact) mass is 351 g/mol. The zero-order valence-corrected chi connectivity index (χ0v) is 14.1. The summed E-state index contributed by atoms with van der Waals surface area (Å²) in [6.07, 6.45) is 1.38. The Hall–Kier alpha value is -2.99. The normalized spacial score (nSPS) is 17.3. The molecule has 1 aromatic heterocycles. The molecule has 1 N–H and O–H groups in total. The minimum absolute atomic E-state index is 0.109. The van der Waals surface area contributed by atoms with Gasteiger partial charge in [-0.25, -0.2) is 4.39 Å². The van der Waals surface area contributed by atoms with E-state index in [9.17, 15) is 9.18 Å². The zero-order valence-electron chi connectivity index (χ0n) is 14.1. The molecule has 132 valence electrons. The Morgan fingerprint density at radius 3 is 2.69 bits per heavy atom. The van der Waals surface area contributed by atoms with Gasteiger partial charge in [0.1, 0.15) is 11.9 Å². The molecule has 1 fully saturated rings. The van der Waals surface area contributed by atoms with Gasteiger partial charge in [0.05, 0.1) is 30.6 Å². The van der Waals surface area contributed by atoms with Crippen molar-refractivity contribution in [1.82, 2.24) is 15.1 Å². The number of hydrogen-bond acceptors (Lipinski definition) is 3. The Morgan fingerprint density at radius 2 is 1.92 bits per heavy atom. The number of rotatable bonds is 3. The van der Waals surface area contributed by atoms with E-state index in [2.05, 4.69) is 10.2 Å². The maximum absolute atomic E-state index is 13.2. The summed E-state index contributed by atoms with van der Waals surface area (Å²) >= 11 is 0. The van der Waals surface area contributed by atoms with Crippen LogP contribution >= 0.6 is 0 Å². The highest BCUT2D eigenvalue weighted by atomic mass is 19.1. The molecule has 0 aliphatic carbocycles. The van der Waals surface area contributed by atoms with E-state index < -0.39 is 0 Å². The molecule has 1 aliphatic heterocycles. The molecule has 2 aromatic carbocycles. The SMILES string of the molecule is O=C(c1cn[nH]c1-c1ccc(F)cc1)N1CCO[C@@H](c2ccccc2)C1. The highest BCUT2D eigenvalue weighted by Crippen LogP contribution is 2.26. The third kappa shape index (κ3) is 3.23. The number of carbonyl (C=O) groups excluding carboxylic acids is 1. The summed E-state index contributed by atoms with van der Waals surface area (Å²) < 4.78 is 19.0. The van der Waals surface area contributed by atoms with Gasteiger partial charge in [0, 0.05) is 12.1 Å². The van der Waals surface area contributed by atoms with E-state index in [4.69, 9.17) is 4.74 Å². The lowest BCUT2D eigenvalue weighted by Gasteiger charge is -2.33. The van der Waals surface area contributed by atoms with E-state index in [1.54, 1.807) is 17.0 Å². The van der Waals surface area contributed by atoms with Gasteiger partial charge in [-0.15, -0.1) is 0 Å². The molecule has 2 heterocycles. The van der Waals surface area contributed by atoms with Gasteiger partial charge >= 0.3 is 0 Å². The highest BCUT2D eigenvalue weighted by molar-refractivity contribution is 5.99. The molecule has 26 heavy (non-hydrogen) atoms. The van der Waals surface area contributed by atoms with Crippen LogP contribution in [0.4, 0.5) is 4.39 Å². The van der Waals surface area contributed by atoms with E-state index in [-0.39, 0.29) is 17.8 Å². The number of hydrogen-bond donors (Lipinski definition) is 1. The van der Waals surface area contributed by atoms with Gasteiger partial charge in [-0.1, -0.05) is 30.3 Å². The van der Waals surface area contributed by atoms with Crippen molar-refractivity contribution < 1.29 is 13.9 Å². The summed E-state index contributed by atoms with van der Waals surface area (Å²) in [5.74, 6) is -0.428. The number of H-pyrrole nitrogens is 1. The lowest BCUT2D eigenvalue weighted by Crippen LogP contribution is -2.42. The van der Waals surface area contributed by atoms with Crippen molar-refractivity contribution in [2.75, 3.05) is 19.7 Å². The molecule has 3 aromatic rings. The van der Waals surface area contributed by atoms with Gasteiger partial charge < -0.3 is 9.64 Å². The first-order valence-corrected chi connectivity index (χ1v) is 8.47. The van der Waals surface area contributed by atoms with Crippen LogP contribution in [0.1, 0.15) is 22.0 Å². The van der Waals surface area contributed by atoms with Crippen LogP contribution in [-0.2, 0) is 4.74 Å². The van der Waals surface area contributed by atoms with E-state index >= 15 is 0 Å². The van der Waals surface area contributed by atoms with Crippen LogP contribution in [0.3, 0.4) is 0 Å². The molecule has 0 bridgehead atoms. The largest absolute Gasteiger partial charge is 0.370 e. The molecular formula is C20H18FN3O2. The first kappa shape index (κ1) is 16.5. The van der Waals surface area contributed by atoms with Crippen LogP contribution in [0.5, 0.6) is 0 Å². The van der Waals surface area contributed by atoms with Crippen LogP contribution < -0.4 is 0 Å². The Bertz CT molecular complexity index is 893. The van der Waals surface area contributed by atoms with Crippen molar-refractivity contribution in [3.63, 3.8) is 0 Å². The number of aromatic amines is 1. The maximum Gasteiger partial charge on any atom is 0.257 e. The van der Waals surface area contributed by atoms with Crippen LogP contribution in [0.25, 0.3) is 11.3 Å². The third-order valence-corrected chi connectivity index (χ3v) is 4.53. The van der Waals surface area contributed by atoms with Crippen molar-refractivity contribution >= 4 is 5.91 Å². The summed E-state index contributed by atoms with van der Waals surface area (Å²) in [7, 11) is 0. The summed E-state index contributed by atoms with van der Waals surface area (Å²) in [5.41, 5.74) is 2.85. The predicted molar refractivity (Wildman–Crippen MR) is 95.0 cm³/mol. The van der Waals surface area contributed by atoms with Gasteiger partial charge in [0.25, 0.3) is 5.91 Å². The van der Waals surface area contributed by atoms with Crippen LogP contribution in [0.15, 0.2) is 60.8 Å². The highest BCUT2D eigenvalue weighted by Gasteiger charge is 2.28. The molecule has 1 aliphatic rings. The number of ether oxygens (including phenoxy) is 1. The molecule has 0 radical (unpaired) electrons. The molecule has 1 amide bonds. The van der Waals surface area contributed by atoms with Crippen molar-refractivity contribution in [3.8, 4) is 11.3 Å². The number of amides is 1. The molecule has 0 unspecified atom stereocenters. The third-order valence-electron chi connectivity index (χ3n) is 4.53. The Morgan fingerprint density at radius 1 is 1.15 bits per heavy atom. The first-order chi connectivity index (χ1) is 12.7. The predicted octanol–water partition coefficient (Wildman–Crippen LogP) is 3.43. The Kier molecular flexibility index (Phi) is 4.50. The lowest BCUT2D eigenvalue weighted by molar-refractivity contribution is -0.0227. The fourth-order valence-corrected chi connectivity index (χ4v) is 3.16. The van der Waals surface area contributed by atoms with Crippen LogP contribution in [-0.4, -0.2) is 40.7 Å². The lowest BCUT2D eigenvalue weighted by atomic mass is 10.1. The Balaban J connectivity index is 1.56. The van der Waals surface area contributed by atoms with E-state index in [1.165, 1.54) is 18.3 Å². The topological polar surface area (TPSA) is 58.2 Å². The number of morpholine rings is 1. The molecule has 0 spiro atoms. The minimum Gasteiger partial charge on any atom is -0.370 e. The standard InChI is InChI=1S/C20H18FN3O2/c21-16-8-6-15(7-9-16)19-17(12-22-23-19)20(25)24-10-11-26-18(13-24)14-4-2-1-3-5-14/h1-9,12,18H,10-11,13H2,(H,22,23)/t18-/m1/s1. The molecule has 5 nitrogen and oxygen atoms in total.